The van der Waals surface area contributed by atoms with Gasteiger partial charge in [-0.05, 0) is 49.1 Å². The second-order valence-electron chi connectivity index (χ2n) is 6.03. The fourth-order valence-electron chi connectivity index (χ4n) is 3.69. The summed E-state index contributed by atoms with van der Waals surface area (Å²) >= 11 is 1.55. The maximum atomic E-state index is 10.00. The third-order valence-corrected chi connectivity index (χ3v) is 5.77. The van der Waals surface area contributed by atoms with Gasteiger partial charge in [0.2, 0.25) is 0 Å². The van der Waals surface area contributed by atoms with Crippen LogP contribution in [0.5, 0.6) is 0 Å². The number of aliphatic hydroxyl groups excluding tert-OH is 1. The van der Waals surface area contributed by atoms with Crippen LogP contribution in [0.4, 0.5) is 10.8 Å². The average Bonchev–Trinajstić information content (AvgIpc) is 2.83. The van der Waals surface area contributed by atoms with E-state index in [4.69, 9.17) is 5.73 Å². The van der Waals surface area contributed by atoms with E-state index in [1.165, 1.54) is 29.8 Å². The van der Waals surface area contributed by atoms with Crippen molar-refractivity contribution in [2.75, 3.05) is 23.7 Å². The van der Waals surface area contributed by atoms with Crippen LogP contribution in [-0.2, 0) is 0 Å². The van der Waals surface area contributed by atoms with Gasteiger partial charge in [-0.2, -0.15) is 4.37 Å². The quantitative estimate of drug-likeness (QED) is 0.856. The van der Waals surface area contributed by atoms with Crippen molar-refractivity contribution in [1.29, 1.82) is 0 Å². The number of rotatable bonds is 2. The number of nitrogens with two attached hydrogens (primary N) is 1. The lowest BCUT2D eigenvalue weighted by atomic mass is 10.00. The third-order valence-electron chi connectivity index (χ3n) is 4.83. The molecule has 3 unspecified atom stereocenters. The second-order valence-corrected chi connectivity index (χ2v) is 6.79. The van der Waals surface area contributed by atoms with Gasteiger partial charge in [-0.1, -0.05) is 0 Å². The molecule has 18 heavy (non-hydrogen) atoms. The highest BCUT2D eigenvalue weighted by Crippen LogP contribution is 2.50. The summed E-state index contributed by atoms with van der Waals surface area (Å²) in [6, 6.07) is 0. The fourth-order valence-corrected chi connectivity index (χ4v) is 4.60. The molecule has 3 fully saturated rings. The first-order valence-electron chi connectivity index (χ1n) is 6.92. The number of aliphatic hydroxyl groups is 1. The van der Waals surface area contributed by atoms with Gasteiger partial charge in [-0.25, -0.2) is 0 Å². The number of nitrogens with zero attached hydrogens (tertiary/aromatic N) is 2. The summed E-state index contributed by atoms with van der Waals surface area (Å²) in [5, 5.41) is 11.3. The Morgan fingerprint density at radius 1 is 1.22 bits per heavy atom. The summed E-state index contributed by atoms with van der Waals surface area (Å²) in [6.07, 6.45) is 4.60. The lowest BCUT2D eigenvalue weighted by molar-refractivity contribution is 0.133. The van der Waals surface area contributed by atoms with Crippen LogP contribution in [0.3, 0.4) is 0 Å². The highest BCUT2D eigenvalue weighted by molar-refractivity contribution is 7.10. The Balaban J connectivity index is 1.61. The van der Waals surface area contributed by atoms with Crippen LogP contribution in [0.15, 0.2) is 0 Å². The fraction of sp³-hybridized carbons (Fsp3) is 0.769. The predicted molar refractivity (Wildman–Crippen MR) is 72.9 cm³/mol. The Bertz CT molecular complexity index is 471. The van der Waals surface area contributed by atoms with Crippen LogP contribution in [0.1, 0.15) is 37.2 Å². The molecule has 0 radical (unpaired) electrons. The molecule has 2 heterocycles. The third kappa shape index (κ3) is 1.57. The van der Waals surface area contributed by atoms with Crippen molar-refractivity contribution in [2.45, 2.75) is 37.7 Å². The van der Waals surface area contributed by atoms with E-state index in [0.717, 1.165) is 25.3 Å². The first-order chi connectivity index (χ1) is 8.74. The SMILES string of the molecule is Nc1nsc(N2CC3CCC(O)C3C2)c1C1CC1. The predicted octanol–water partition coefficient (Wildman–Crippen LogP) is 1.81. The van der Waals surface area contributed by atoms with Crippen molar-refractivity contribution in [3.8, 4) is 0 Å². The van der Waals surface area contributed by atoms with Gasteiger partial charge in [-0.15, -0.1) is 0 Å². The maximum Gasteiger partial charge on any atom is 0.142 e. The molecule has 4 rings (SSSR count). The Labute approximate surface area is 111 Å². The van der Waals surface area contributed by atoms with Crippen molar-refractivity contribution in [2.24, 2.45) is 11.8 Å². The van der Waals surface area contributed by atoms with E-state index in [9.17, 15) is 5.11 Å². The van der Waals surface area contributed by atoms with E-state index in [1.807, 2.05) is 0 Å². The molecule has 1 saturated heterocycles. The lowest BCUT2D eigenvalue weighted by Crippen LogP contribution is -2.24. The van der Waals surface area contributed by atoms with Crippen molar-refractivity contribution in [3.05, 3.63) is 5.56 Å². The molecule has 0 aromatic carbocycles. The molecule has 0 bridgehead atoms. The molecule has 0 spiro atoms. The minimum atomic E-state index is -0.0883. The van der Waals surface area contributed by atoms with Crippen molar-refractivity contribution < 1.29 is 5.11 Å². The molecule has 1 aliphatic heterocycles. The number of anilines is 2. The summed E-state index contributed by atoms with van der Waals surface area (Å²) < 4.78 is 4.35. The van der Waals surface area contributed by atoms with Gasteiger partial charge in [0.15, 0.2) is 0 Å². The first kappa shape index (κ1) is 11.1. The molecule has 3 atom stereocenters. The molecule has 5 heteroatoms. The smallest absolute Gasteiger partial charge is 0.142 e. The number of nitrogen functional groups attached to an aromatic ring is 1. The summed E-state index contributed by atoms with van der Waals surface area (Å²) in [5.41, 5.74) is 7.32. The molecule has 0 amide bonds. The molecule has 3 aliphatic rings. The summed E-state index contributed by atoms with van der Waals surface area (Å²) in [6.45, 7) is 2.08. The molecule has 2 saturated carbocycles. The van der Waals surface area contributed by atoms with Gasteiger partial charge in [0.1, 0.15) is 10.8 Å². The van der Waals surface area contributed by atoms with Crippen LogP contribution in [-0.4, -0.2) is 28.7 Å². The van der Waals surface area contributed by atoms with Crippen LogP contribution < -0.4 is 10.6 Å². The molecule has 2 aliphatic carbocycles. The van der Waals surface area contributed by atoms with Crippen LogP contribution in [0, 0.1) is 11.8 Å². The van der Waals surface area contributed by atoms with Gasteiger partial charge < -0.3 is 15.7 Å². The van der Waals surface area contributed by atoms with Crippen molar-refractivity contribution in [3.63, 3.8) is 0 Å². The Morgan fingerprint density at radius 2 is 2.06 bits per heavy atom. The van der Waals surface area contributed by atoms with Crippen molar-refractivity contribution >= 4 is 22.4 Å². The monoisotopic (exact) mass is 265 g/mol. The molecule has 1 aromatic rings. The van der Waals surface area contributed by atoms with E-state index in [0.29, 0.717) is 17.8 Å². The zero-order valence-corrected chi connectivity index (χ0v) is 11.2. The number of fused-ring (bicyclic) bond motifs is 1. The molecular weight excluding hydrogens is 246 g/mol. The summed E-state index contributed by atoms with van der Waals surface area (Å²) in [7, 11) is 0. The molecular formula is C13H19N3OS. The van der Waals surface area contributed by atoms with Gasteiger partial charge in [-0.3, -0.25) is 0 Å². The van der Waals surface area contributed by atoms with Gasteiger partial charge >= 0.3 is 0 Å². The summed E-state index contributed by atoms with van der Waals surface area (Å²) in [5.74, 6) is 2.55. The van der Waals surface area contributed by atoms with Crippen LogP contribution >= 0.6 is 11.5 Å². The van der Waals surface area contributed by atoms with Crippen molar-refractivity contribution in [1.82, 2.24) is 4.37 Å². The molecule has 98 valence electrons. The summed E-state index contributed by atoms with van der Waals surface area (Å²) in [4.78, 5) is 2.43. The number of hydrogen-bond acceptors (Lipinski definition) is 5. The zero-order valence-electron chi connectivity index (χ0n) is 10.4. The highest BCUT2D eigenvalue weighted by atomic mass is 32.1. The molecule has 3 N–H and O–H groups in total. The zero-order chi connectivity index (χ0) is 12.3. The number of aromatic nitrogens is 1. The minimum absolute atomic E-state index is 0.0883. The van der Waals surface area contributed by atoms with Crippen LogP contribution in [0.25, 0.3) is 0 Å². The van der Waals surface area contributed by atoms with E-state index < -0.39 is 0 Å². The van der Waals surface area contributed by atoms with E-state index >= 15 is 0 Å². The largest absolute Gasteiger partial charge is 0.393 e. The van der Waals surface area contributed by atoms with E-state index in [-0.39, 0.29) is 6.10 Å². The van der Waals surface area contributed by atoms with Gasteiger partial charge in [0.25, 0.3) is 0 Å². The average molecular weight is 265 g/mol. The molecule has 4 nitrogen and oxygen atoms in total. The topological polar surface area (TPSA) is 62.4 Å². The Hall–Kier alpha value is -0.810. The normalized spacial score (nSPS) is 35.2. The second kappa shape index (κ2) is 3.84. The van der Waals surface area contributed by atoms with Crippen LogP contribution in [0.2, 0.25) is 0 Å². The molecule has 1 aromatic heterocycles. The Kier molecular flexibility index (Phi) is 2.36. The first-order valence-corrected chi connectivity index (χ1v) is 7.69. The minimum Gasteiger partial charge on any atom is -0.393 e. The number of hydrogen-bond donors (Lipinski definition) is 2. The highest BCUT2D eigenvalue weighted by Gasteiger charge is 2.43. The standard InChI is InChI=1S/C13H19N3OS/c14-12-11(7-1-2-7)13(18-15-12)16-5-8-3-4-10(17)9(8)6-16/h7-10,17H,1-6H2,(H2,14,15). The maximum absolute atomic E-state index is 10.00. The van der Waals surface area contributed by atoms with E-state index in [1.54, 1.807) is 11.5 Å². The Morgan fingerprint density at radius 3 is 2.78 bits per heavy atom. The van der Waals surface area contributed by atoms with Gasteiger partial charge in [0.05, 0.1) is 6.10 Å². The lowest BCUT2D eigenvalue weighted by Gasteiger charge is -2.19. The van der Waals surface area contributed by atoms with E-state index in [2.05, 4.69) is 9.27 Å². The van der Waals surface area contributed by atoms with Gasteiger partial charge in [0, 0.05) is 24.6 Å².